The van der Waals surface area contributed by atoms with E-state index >= 15 is 0 Å². The lowest BCUT2D eigenvalue weighted by atomic mass is 10.1. The van der Waals surface area contributed by atoms with Crippen LogP contribution in [0.3, 0.4) is 0 Å². The predicted molar refractivity (Wildman–Crippen MR) is 109 cm³/mol. The second-order valence-corrected chi connectivity index (χ2v) is 7.44. The minimum absolute atomic E-state index is 0.0628. The van der Waals surface area contributed by atoms with Crippen LogP contribution in [0.25, 0.3) is 10.9 Å². The molecule has 1 N–H and O–H groups in total. The Kier molecular flexibility index (Phi) is 4.83. The number of hydrogen-bond acceptors (Lipinski definition) is 2. The van der Waals surface area contributed by atoms with Gasteiger partial charge in [-0.1, -0.05) is 42.8 Å². The van der Waals surface area contributed by atoms with Crippen molar-refractivity contribution in [2.75, 3.05) is 6.54 Å². The van der Waals surface area contributed by atoms with E-state index in [2.05, 4.69) is 35.9 Å². The molecule has 3 aromatic rings. The second kappa shape index (κ2) is 7.28. The molecule has 1 aliphatic rings. The molecule has 140 valence electrons. The van der Waals surface area contributed by atoms with Gasteiger partial charge in [-0.2, -0.15) is 0 Å². The van der Waals surface area contributed by atoms with Crippen LogP contribution in [0.4, 0.5) is 0 Å². The van der Waals surface area contributed by atoms with Crippen molar-refractivity contribution >= 4 is 28.4 Å². The fourth-order valence-corrected chi connectivity index (χ4v) is 3.92. The zero-order valence-electron chi connectivity index (χ0n) is 15.6. The average molecular weight is 383 g/mol. The highest BCUT2D eigenvalue weighted by molar-refractivity contribution is 6.36. The quantitative estimate of drug-likeness (QED) is 0.692. The molecule has 0 aliphatic carbocycles. The van der Waals surface area contributed by atoms with E-state index in [1.807, 2.05) is 30.3 Å². The van der Waals surface area contributed by atoms with Gasteiger partial charge in [-0.15, -0.1) is 0 Å². The molecule has 1 amide bonds. The molecule has 1 atom stereocenters. The van der Waals surface area contributed by atoms with Crippen molar-refractivity contribution in [2.45, 2.75) is 39.3 Å². The summed E-state index contributed by atoms with van der Waals surface area (Å²) in [5.74, 6) is 0.727. The van der Waals surface area contributed by atoms with Crippen LogP contribution in [0.2, 0.25) is 5.02 Å². The number of aryl methyl sites for hydroxylation is 1. The van der Waals surface area contributed by atoms with Crippen LogP contribution in [0.1, 0.15) is 35.0 Å². The number of carbonyl (C=O) groups excluding carboxylic acids is 1. The van der Waals surface area contributed by atoms with E-state index in [-0.39, 0.29) is 12.0 Å². The van der Waals surface area contributed by atoms with E-state index in [4.69, 9.17) is 16.3 Å². The maximum absolute atomic E-state index is 12.9. The zero-order chi connectivity index (χ0) is 19.0. The predicted octanol–water partition coefficient (Wildman–Crippen LogP) is 4.75. The average Bonchev–Trinajstić information content (AvgIpc) is 3.07. The molecule has 1 aromatic heterocycles. The fourth-order valence-electron chi connectivity index (χ4n) is 3.71. The topological polar surface area (TPSA) is 43.3 Å². The number of halogens is 1. The van der Waals surface area contributed by atoms with Crippen LogP contribution < -0.4 is 10.1 Å². The highest BCUT2D eigenvalue weighted by atomic mass is 35.5. The summed E-state index contributed by atoms with van der Waals surface area (Å²) in [6.07, 6.45) is 1.76. The van der Waals surface area contributed by atoms with Crippen LogP contribution in [-0.2, 0) is 13.0 Å². The van der Waals surface area contributed by atoms with E-state index in [1.54, 1.807) is 0 Å². The Hall–Kier alpha value is -2.46. The van der Waals surface area contributed by atoms with Gasteiger partial charge in [0.05, 0.1) is 17.1 Å². The Labute approximate surface area is 164 Å². The molecule has 0 saturated heterocycles. The van der Waals surface area contributed by atoms with Crippen molar-refractivity contribution in [3.8, 4) is 5.75 Å². The summed E-state index contributed by atoms with van der Waals surface area (Å²) in [5, 5.41) is 4.57. The van der Waals surface area contributed by atoms with Gasteiger partial charge in [0, 0.05) is 11.9 Å². The van der Waals surface area contributed by atoms with Gasteiger partial charge in [0.2, 0.25) is 0 Å². The van der Waals surface area contributed by atoms with E-state index in [9.17, 15) is 4.79 Å². The molecular formula is C22H23ClN2O2. The largest absolute Gasteiger partial charge is 0.486 e. The van der Waals surface area contributed by atoms with Crippen LogP contribution in [0.5, 0.6) is 5.75 Å². The summed E-state index contributed by atoms with van der Waals surface area (Å²) in [6.45, 7) is 5.44. The first-order chi connectivity index (χ1) is 13.1. The van der Waals surface area contributed by atoms with Crippen molar-refractivity contribution in [3.05, 3.63) is 64.3 Å². The molecule has 5 heteroatoms. The summed E-state index contributed by atoms with van der Waals surface area (Å²) in [6, 6.07) is 13.9. The Morgan fingerprint density at radius 3 is 2.89 bits per heavy atom. The Balaban J connectivity index is 1.58. The molecular weight excluding hydrogens is 360 g/mol. The van der Waals surface area contributed by atoms with Gasteiger partial charge in [0.1, 0.15) is 17.5 Å². The third-order valence-electron chi connectivity index (χ3n) is 5.28. The number of carbonyl (C=O) groups is 1. The van der Waals surface area contributed by atoms with E-state index < -0.39 is 0 Å². The molecule has 1 unspecified atom stereocenters. The minimum atomic E-state index is -0.0708. The molecule has 0 spiro atoms. The monoisotopic (exact) mass is 382 g/mol. The molecule has 1 aliphatic heterocycles. The number of hydrogen-bond donors (Lipinski definition) is 1. The van der Waals surface area contributed by atoms with Crippen LogP contribution in [0, 0.1) is 6.92 Å². The second-order valence-electron chi connectivity index (χ2n) is 7.03. The van der Waals surface area contributed by atoms with Crippen molar-refractivity contribution in [3.63, 3.8) is 0 Å². The first-order valence-electron chi connectivity index (χ1n) is 9.39. The lowest BCUT2D eigenvalue weighted by Crippen LogP contribution is -2.32. The van der Waals surface area contributed by atoms with Crippen molar-refractivity contribution in [1.82, 2.24) is 9.88 Å². The normalized spacial score (nSPS) is 15.6. The van der Waals surface area contributed by atoms with Gasteiger partial charge in [-0.3, -0.25) is 4.79 Å². The van der Waals surface area contributed by atoms with Crippen molar-refractivity contribution < 1.29 is 9.53 Å². The van der Waals surface area contributed by atoms with E-state index in [0.29, 0.717) is 23.8 Å². The van der Waals surface area contributed by atoms with Crippen molar-refractivity contribution in [1.29, 1.82) is 0 Å². The molecule has 0 fully saturated rings. The fraction of sp³-hybridized carbons (Fsp3) is 0.318. The molecule has 0 radical (unpaired) electrons. The van der Waals surface area contributed by atoms with Crippen LogP contribution in [-0.4, -0.2) is 23.1 Å². The zero-order valence-corrected chi connectivity index (χ0v) is 16.3. The van der Waals surface area contributed by atoms with Gasteiger partial charge in [-0.05, 0) is 49.1 Å². The lowest BCUT2D eigenvalue weighted by Gasteiger charge is -2.26. The van der Waals surface area contributed by atoms with Crippen molar-refractivity contribution in [2.24, 2.45) is 0 Å². The molecule has 4 nitrogen and oxygen atoms in total. The highest BCUT2D eigenvalue weighted by Gasteiger charge is 2.26. The number of benzene rings is 2. The number of rotatable bonds is 5. The molecule has 27 heavy (non-hydrogen) atoms. The number of amides is 1. The van der Waals surface area contributed by atoms with Gasteiger partial charge in [0.15, 0.2) is 0 Å². The first-order valence-corrected chi connectivity index (χ1v) is 9.77. The standard InChI is InChI=1S/C22H23ClN2O2/c1-3-16-13-25-19(12-17-18(23)8-9-20(27-16)21(17)25)22(26)24-11-10-15-7-5-4-6-14(15)2/h4-9,12,16H,3,10-11,13H2,1-2H3,(H,24,26). The Bertz CT molecular complexity index is 1010. The molecule has 0 bridgehead atoms. The SMILES string of the molecule is CCC1Cn2c(C(=O)NCCc3ccccc3C)cc3c(Cl)ccc(c32)O1. The highest BCUT2D eigenvalue weighted by Crippen LogP contribution is 2.38. The summed E-state index contributed by atoms with van der Waals surface area (Å²) < 4.78 is 8.10. The van der Waals surface area contributed by atoms with Gasteiger partial charge >= 0.3 is 0 Å². The van der Waals surface area contributed by atoms with Gasteiger partial charge < -0.3 is 14.6 Å². The van der Waals surface area contributed by atoms with E-state index in [0.717, 1.165) is 29.5 Å². The van der Waals surface area contributed by atoms with E-state index in [1.165, 1.54) is 11.1 Å². The molecule has 0 saturated carbocycles. The van der Waals surface area contributed by atoms with Gasteiger partial charge in [-0.25, -0.2) is 0 Å². The molecule has 4 rings (SSSR count). The lowest BCUT2D eigenvalue weighted by molar-refractivity contribution is 0.0938. The third kappa shape index (κ3) is 3.30. The first kappa shape index (κ1) is 17.9. The number of aromatic nitrogens is 1. The van der Waals surface area contributed by atoms with Gasteiger partial charge in [0.25, 0.3) is 5.91 Å². The summed E-state index contributed by atoms with van der Waals surface area (Å²) >= 11 is 6.37. The maximum atomic E-state index is 12.9. The van der Waals surface area contributed by atoms with Crippen LogP contribution >= 0.6 is 11.6 Å². The number of nitrogens with zero attached hydrogens (tertiary/aromatic N) is 1. The summed E-state index contributed by atoms with van der Waals surface area (Å²) in [5.41, 5.74) is 4.06. The Morgan fingerprint density at radius 1 is 1.30 bits per heavy atom. The minimum Gasteiger partial charge on any atom is -0.486 e. The third-order valence-corrected chi connectivity index (χ3v) is 5.61. The smallest absolute Gasteiger partial charge is 0.267 e. The molecule has 2 heterocycles. The Morgan fingerprint density at radius 2 is 2.11 bits per heavy atom. The number of nitrogens with one attached hydrogen (secondary N) is 1. The molecule has 2 aromatic carbocycles. The number of ether oxygens (including phenoxy) is 1. The summed E-state index contributed by atoms with van der Waals surface area (Å²) in [7, 11) is 0. The van der Waals surface area contributed by atoms with Crippen LogP contribution in [0.15, 0.2) is 42.5 Å². The maximum Gasteiger partial charge on any atom is 0.267 e. The summed E-state index contributed by atoms with van der Waals surface area (Å²) in [4.78, 5) is 12.9.